The van der Waals surface area contributed by atoms with E-state index >= 15 is 0 Å². The van der Waals surface area contributed by atoms with Gasteiger partial charge in [-0.05, 0) is 29.5 Å². The summed E-state index contributed by atoms with van der Waals surface area (Å²) < 4.78 is 1.48. The first-order chi connectivity index (χ1) is 13.5. The van der Waals surface area contributed by atoms with Crippen molar-refractivity contribution in [2.75, 3.05) is 13.1 Å². The summed E-state index contributed by atoms with van der Waals surface area (Å²) in [6.45, 7) is 0.329. The monoisotopic (exact) mass is 375 g/mol. The molecular weight excluding hydrogens is 354 g/mol. The average molecular weight is 375 g/mol. The summed E-state index contributed by atoms with van der Waals surface area (Å²) in [5.41, 5.74) is 1.59. The number of carbonyl (C=O) groups is 2. The number of hydrogen-bond acceptors (Lipinski definition) is 3. The normalized spacial score (nSPS) is 16.8. The average Bonchev–Trinajstić information content (AvgIpc) is 2.70. The lowest BCUT2D eigenvalue weighted by molar-refractivity contribution is -0.124. The smallest absolute Gasteiger partial charge is 0.263 e. The van der Waals surface area contributed by atoms with Crippen molar-refractivity contribution in [2.45, 2.75) is 12.5 Å². The fraction of sp³-hybridized carbons (Fsp3) is 0.227. The van der Waals surface area contributed by atoms with E-state index in [1.54, 1.807) is 13.1 Å². The van der Waals surface area contributed by atoms with Gasteiger partial charge in [0.05, 0.1) is 18.1 Å². The van der Waals surface area contributed by atoms with E-state index in [4.69, 9.17) is 0 Å². The predicted octanol–water partition coefficient (Wildman–Crippen LogP) is 1.72. The summed E-state index contributed by atoms with van der Waals surface area (Å²) in [5.74, 6) is -0.614. The van der Waals surface area contributed by atoms with Crippen LogP contribution in [0.5, 0.6) is 0 Å². The molecule has 1 aromatic heterocycles. The second-order valence-corrected chi connectivity index (χ2v) is 7.12. The molecule has 0 saturated carbocycles. The second-order valence-electron chi connectivity index (χ2n) is 7.12. The standard InChI is InChI=1S/C22H21N3O3/c1-24-19-10-6-5-9-16(19)12-18(21(24)27)22(28)25-13-17(23-20(26)14-25)11-15-7-3-2-4-8-15/h2-10,12,17H,11,13-14H2,1H3,(H,23,26)/t17-/m0/s1. The Morgan fingerprint density at radius 2 is 1.79 bits per heavy atom. The number of fused-ring (bicyclic) bond motifs is 1. The number of benzene rings is 2. The maximum absolute atomic E-state index is 13.1. The van der Waals surface area contributed by atoms with E-state index < -0.39 is 5.91 Å². The van der Waals surface area contributed by atoms with Gasteiger partial charge in [0.2, 0.25) is 5.91 Å². The topological polar surface area (TPSA) is 71.4 Å². The van der Waals surface area contributed by atoms with Crippen LogP contribution < -0.4 is 10.9 Å². The van der Waals surface area contributed by atoms with E-state index in [0.717, 1.165) is 16.5 Å². The highest BCUT2D eigenvalue weighted by Crippen LogP contribution is 2.15. The Kier molecular flexibility index (Phi) is 4.69. The van der Waals surface area contributed by atoms with Gasteiger partial charge < -0.3 is 14.8 Å². The lowest BCUT2D eigenvalue weighted by Crippen LogP contribution is -2.57. The lowest BCUT2D eigenvalue weighted by atomic mass is 10.0. The molecule has 3 aromatic rings. The van der Waals surface area contributed by atoms with Gasteiger partial charge in [0.25, 0.3) is 11.5 Å². The largest absolute Gasteiger partial charge is 0.350 e. The van der Waals surface area contributed by atoms with Gasteiger partial charge in [-0.3, -0.25) is 14.4 Å². The molecule has 0 unspecified atom stereocenters. The minimum Gasteiger partial charge on any atom is -0.350 e. The van der Waals surface area contributed by atoms with Gasteiger partial charge in [-0.25, -0.2) is 0 Å². The van der Waals surface area contributed by atoms with Gasteiger partial charge >= 0.3 is 0 Å². The Bertz CT molecular complexity index is 1100. The molecule has 0 bridgehead atoms. The van der Waals surface area contributed by atoms with Gasteiger partial charge in [-0.15, -0.1) is 0 Å². The summed E-state index contributed by atoms with van der Waals surface area (Å²) in [5, 5.41) is 3.76. The van der Waals surface area contributed by atoms with E-state index in [-0.39, 0.29) is 29.6 Å². The zero-order valence-electron chi connectivity index (χ0n) is 15.6. The Morgan fingerprint density at radius 1 is 1.07 bits per heavy atom. The van der Waals surface area contributed by atoms with Gasteiger partial charge in [-0.2, -0.15) is 0 Å². The first-order valence-electron chi connectivity index (χ1n) is 9.24. The van der Waals surface area contributed by atoms with Crippen LogP contribution in [0.15, 0.2) is 65.5 Å². The molecule has 1 atom stereocenters. The maximum atomic E-state index is 13.1. The maximum Gasteiger partial charge on any atom is 0.263 e. The van der Waals surface area contributed by atoms with Gasteiger partial charge in [0.1, 0.15) is 5.56 Å². The number of piperazine rings is 1. The van der Waals surface area contributed by atoms with Crippen LogP contribution in [-0.4, -0.2) is 40.4 Å². The fourth-order valence-electron chi connectivity index (χ4n) is 3.74. The van der Waals surface area contributed by atoms with E-state index in [1.807, 2.05) is 54.6 Å². The second kappa shape index (κ2) is 7.31. The van der Waals surface area contributed by atoms with Crippen LogP contribution in [0.1, 0.15) is 15.9 Å². The number of hydrogen-bond donors (Lipinski definition) is 1. The Balaban J connectivity index is 1.62. The number of carbonyl (C=O) groups excluding carboxylic acids is 2. The quantitative estimate of drug-likeness (QED) is 0.758. The van der Waals surface area contributed by atoms with Crippen molar-refractivity contribution < 1.29 is 9.59 Å². The number of pyridine rings is 1. The Labute approximate surface area is 162 Å². The third kappa shape index (κ3) is 3.41. The first-order valence-corrected chi connectivity index (χ1v) is 9.24. The predicted molar refractivity (Wildman–Crippen MR) is 107 cm³/mol. The van der Waals surface area contributed by atoms with Gasteiger partial charge in [0.15, 0.2) is 0 Å². The van der Waals surface area contributed by atoms with E-state index in [0.29, 0.717) is 13.0 Å². The van der Waals surface area contributed by atoms with Crippen molar-refractivity contribution in [3.63, 3.8) is 0 Å². The number of aromatic nitrogens is 1. The molecule has 1 N–H and O–H groups in total. The third-order valence-corrected chi connectivity index (χ3v) is 5.12. The van der Waals surface area contributed by atoms with Crippen molar-refractivity contribution in [3.05, 3.63) is 82.1 Å². The number of aryl methyl sites for hydroxylation is 1. The minimum absolute atomic E-state index is 0.0416. The van der Waals surface area contributed by atoms with Crippen molar-refractivity contribution in [2.24, 2.45) is 7.05 Å². The fourth-order valence-corrected chi connectivity index (χ4v) is 3.74. The highest BCUT2D eigenvalue weighted by Gasteiger charge is 2.30. The first kappa shape index (κ1) is 18.0. The van der Waals surface area contributed by atoms with Crippen LogP contribution >= 0.6 is 0 Å². The molecule has 28 heavy (non-hydrogen) atoms. The highest BCUT2D eigenvalue weighted by atomic mass is 16.2. The zero-order valence-corrected chi connectivity index (χ0v) is 15.6. The van der Waals surface area contributed by atoms with Crippen LogP contribution in [0.4, 0.5) is 0 Å². The van der Waals surface area contributed by atoms with Crippen molar-refractivity contribution >= 4 is 22.7 Å². The summed E-state index contributed by atoms with van der Waals surface area (Å²) in [6, 6.07) is 18.7. The van der Waals surface area contributed by atoms with Gasteiger partial charge in [-0.1, -0.05) is 48.5 Å². The molecule has 2 amide bonds. The molecule has 6 nitrogen and oxygen atoms in total. The molecular formula is C22H21N3O3. The Morgan fingerprint density at radius 3 is 2.57 bits per heavy atom. The number of amides is 2. The third-order valence-electron chi connectivity index (χ3n) is 5.12. The van der Waals surface area contributed by atoms with E-state index in [9.17, 15) is 14.4 Å². The number of nitrogens with one attached hydrogen (secondary N) is 1. The zero-order chi connectivity index (χ0) is 19.7. The minimum atomic E-state index is -0.403. The number of rotatable bonds is 3. The van der Waals surface area contributed by atoms with Crippen LogP contribution in [0.25, 0.3) is 10.9 Å². The molecule has 0 radical (unpaired) electrons. The van der Waals surface area contributed by atoms with Crippen molar-refractivity contribution in [1.29, 1.82) is 0 Å². The molecule has 2 aromatic carbocycles. The molecule has 1 aliphatic heterocycles. The molecule has 6 heteroatoms. The van der Waals surface area contributed by atoms with E-state index in [1.165, 1.54) is 9.47 Å². The summed E-state index contributed by atoms with van der Waals surface area (Å²) in [7, 11) is 1.66. The Hall–Kier alpha value is -3.41. The highest BCUT2D eigenvalue weighted by molar-refractivity contribution is 5.99. The molecule has 0 aliphatic carbocycles. The molecule has 2 heterocycles. The summed E-state index contributed by atoms with van der Waals surface area (Å²) in [4.78, 5) is 39.5. The molecule has 142 valence electrons. The summed E-state index contributed by atoms with van der Waals surface area (Å²) >= 11 is 0. The van der Waals surface area contributed by atoms with Crippen molar-refractivity contribution in [1.82, 2.24) is 14.8 Å². The number of nitrogens with zero attached hydrogens (tertiary/aromatic N) is 2. The van der Waals surface area contributed by atoms with Crippen LogP contribution in [-0.2, 0) is 18.3 Å². The van der Waals surface area contributed by atoms with Gasteiger partial charge in [0, 0.05) is 13.6 Å². The van der Waals surface area contributed by atoms with Crippen molar-refractivity contribution in [3.8, 4) is 0 Å². The van der Waals surface area contributed by atoms with E-state index in [2.05, 4.69) is 5.32 Å². The molecule has 1 fully saturated rings. The summed E-state index contributed by atoms with van der Waals surface area (Å²) in [6.07, 6.45) is 0.631. The number of para-hydroxylation sites is 1. The molecule has 4 rings (SSSR count). The van der Waals surface area contributed by atoms with Crippen LogP contribution in [0.3, 0.4) is 0 Å². The van der Waals surface area contributed by atoms with Crippen LogP contribution in [0, 0.1) is 0 Å². The molecule has 1 saturated heterocycles. The lowest BCUT2D eigenvalue weighted by Gasteiger charge is -2.33. The van der Waals surface area contributed by atoms with Crippen LogP contribution in [0.2, 0.25) is 0 Å². The molecule has 1 aliphatic rings. The SMILES string of the molecule is Cn1c(=O)c(C(=O)N2CC(=O)N[C@@H](Cc3ccccc3)C2)cc2ccccc21. The molecule has 0 spiro atoms.